The summed E-state index contributed by atoms with van der Waals surface area (Å²) in [4.78, 5) is 2.36. The van der Waals surface area contributed by atoms with Crippen LogP contribution in [0.15, 0.2) is 237 Å². The van der Waals surface area contributed by atoms with Gasteiger partial charge in [0.2, 0.25) is 6.71 Å². The van der Waals surface area contributed by atoms with Gasteiger partial charge in [-0.15, -0.1) is 35.1 Å². The molecule has 0 saturated carbocycles. The third-order valence-corrected chi connectivity index (χ3v) is 15.5. The largest absolute Gasteiger partial charge is 4.00 e. The first-order valence-electron chi connectivity index (χ1n) is 26.5. The molecule has 6 nitrogen and oxygen atoms in total. The molecule has 8 heteroatoms. The molecule has 4 heterocycles. The summed E-state index contributed by atoms with van der Waals surface area (Å²) in [6.45, 7) is 6.50. The number of ether oxygens (including phenoxy) is 2. The Balaban J connectivity index is 0.00000564. The first-order chi connectivity index (χ1) is 38.3. The molecule has 0 spiro atoms. The average Bonchev–Trinajstić information content (AvgIpc) is 4.14. The summed E-state index contributed by atoms with van der Waals surface area (Å²) in [6, 6.07) is 94.6. The van der Waals surface area contributed by atoms with Crippen LogP contribution >= 0.6 is 0 Å². The van der Waals surface area contributed by atoms with E-state index >= 15 is 0 Å². The zero-order valence-electron chi connectivity index (χ0n) is 43.5. The zero-order valence-corrected chi connectivity index (χ0v) is 45.8. The van der Waals surface area contributed by atoms with Gasteiger partial charge in [0, 0.05) is 34.1 Å². The van der Waals surface area contributed by atoms with E-state index in [4.69, 9.17) is 9.47 Å². The average molecular weight is 1200 g/mol. The van der Waals surface area contributed by atoms with Gasteiger partial charge in [-0.1, -0.05) is 196 Å². The Kier molecular flexibility index (Phi) is 11.7. The number of hydrogen-bond acceptors (Lipinski definition) is 3. The van der Waals surface area contributed by atoms with Gasteiger partial charge in [0.25, 0.3) is 6.33 Å². The molecule has 13 aromatic rings. The molecular formula is C71H48BN4O2Pt+. The Hall–Kier alpha value is -9.16. The van der Waals surface area contributed by atoms with Gasteiger partial charge in [-0.2, -0.15) is 35.9 Å². The van der Waals surface area contributed by atoms with Crippen LogP contribution in [0.3, 0.4) is 0 Å². The molecule has 79 heavy (non-hydrogen) atoms. The van der Waals surface area contributed by atoms with Gasteiger partial charge in [-0.05, 0) is 86.1 Å². The molecule has 0 N–H and O–H groups in total. The smallest absolute Gasteiger partial charge is 0.514 e. The molecule has 0 atom stereocenters. The minimum Gasteiger partial charge on any atom is -0.514 e. The van der Waals surface area contributed by atoms with Crippen molar-refractivity contribution in [1.82, 2.24) is 9.13 Å². The fourth-order valence-corrected chi connectivity index (χ4v) is 11.9. The number of anilines is 3. The second-order valence-electron chi connectivity index (χ2n) is 21.2. The van der Waals surface area contributed by atoms with Crippen molar-refractivity contribution in [3.63, 3.8) is 0 Å². The Labute approximate surface area is 474 Å². The minimum absolute atomic E-state index is 0. The second-order valence-corrected chi connectivity index (χ2v) is 21.2. The quantitative estimate of drug-likeness (QED) is 0.0864. The van der Waals surface area contributed by atoms with Gasteiger partial charge >= 0.3 is 21.1 Å². The molecule has 0 amide bonds. The molecule has 0 saturated heterocycles. The van der Waals surface area contributed by atoms with E-state index in [0.29, 0.717) is 17.2 Å². The van der Waals surface area contributed by atoms with Crippen LogP contribution in [-0.2, 0) is 26.5 Å². The Bertz CT molecular complexity index is 4450. The number of hydrogen-bond donors (Lipinski definition) is 0. The molecule has 0 bridgehead atoms. The number of imidazole rings is 1. The summed E-state index contributed by atoms with van der Waals surface area (Å²) >= 11 is 0. The molecule has 0 aliphatic carbocycles. The maximum Gasteiger partial charge on any atom is 4.00 e. The molecule has 2 aliphatic rings. The Morgan fingerprint density at radius 2 is 1.22 bits per heavy atom. The van der Waals surface area contributed by atoms with Crippen molar-refractivity contribution in [3.8, 4) is 62.3 Å². The van der Waals surface area contributed by atoms with Crippen molar-refractivity contribution in [1.29, 1.82) is 0 Å². The second kappa shape index (κ2) is 19.1. The van der Waals surface area contributed by atoms with Gasteiger partial charge in [0.15, 0.2) is 0 Å². The number of nitrogens with zero attached hydrogens (tertiary/aromatic N) is 4. The summed E-state index contributed by atoms with van der Waals surface area (Å²) in [7, 11) is 0. The van der Waals surface area contributed by atoms with Gasteiger partial charge in [-0.25, -0.2) is 0 Å². The monoisotopic (exact) mass is 1190 g/mol. The minimum atomic E-state index is -0.233. The van der Waals surface area contributed by atoms with Crippen molar-refractivity contribution < 1.29 is 35.1 Å². The zero-order chi connectivity index (χ0) is 52.1. The third kappa shape index (κ3) is 7.94. The van der Waals surface area contributed by atoms with Crippen LogP contribution in [-0.4, -0.2) is 15.8 Å². The molecule has 376 valence electrons. The molecule has 2 aliphatic heterocycles. The van der Waals surface area contributed by atoms with E-state index in [1.165, 1.54) is 5.56 Å². The normalized spacial score (nSPS) is 12.4. The van der Waals surface area contributed by atoms with E-state index in [1.54, 1.807) is 0 Å². The number of rotatable bonds is 8. The summed E-state index contributed by atoms with van der Waals surface area (Å²) in [5, 5.41) is 2.19. The van der Waals surface area contributed by atoms with Crippen molar-refractivity contribution >= 4 is 73.0 Å². The fraction of sp³-hybridized carbons (Fsp3) is 0.0563. The van der Waals surface area contributed by atoms with Crippen LogP contribution in [0.1, 0.15) is 26.3 Å². The number of aromatic nitrogens is 3. The fourth-order valence-electron chi connectivity index (χ4n) is 11.9. The molecule has 0 radical (unpaired) electrons. The van der Waals surface area contributed by atoms with Crippen LogP contribution in [0.5, 0.6) is 23.0 Å². The van der Waals surface area contributed by atoms with Crippen LogP contribution in [0.25, 0.3) is 72.2 Å². The third-order valence-electron chi connectivity index (χ3n) is 15.5. The van der Waals surface area contributed by atoms with Crippen LogP contribution < -0.4 is 35.3 Å². The maximum atomic E-state index is 7.30. The Morgan fingerprint density at radius 3 is 1.97 bits per heavy atom. The van der Waals surface area contributed by atoms with Gasteiger partial charge < -0.3 is 23.5 Å². The van der Waals surface area contributed by atoms with Gasteiger partial charge in [-0.3, -0.25) is 4.57 Å². The predicted molar refractivity (Wildman–Crippen MR) is 316 cm³/mol. The van der Waals surface area contributed by atoms with Crippen LogP contribution in [0.4, 0.5) is 17.1 Å². The summed E-state index contributed by atoms with van der Waals surface area (Å²) in [5.74, 6) is 2.33. The summed E-state index contributed by atoms with van der Waals surface area (Å²) in [5.41, 5.74) is 18.6. The summed E-state index contributed by atoms with van der Waals surface area (Å²) < 4.78 is 21.2. The predicted octanol–water partition coefficient (Wildman–Crippen LogP) is 15.0. The van der Waals surface area contributed by atoms with Crippen molar-refractivity contribution in [2.75, 3.05) is 4.90 Å². The van der Waals surface area contributed by atoms with Crippen molar-refractivity contribution in [3.05, 3.63) is 267 Å². The topological polar surface area (TPSA) is 35.4 Å². The number of benzene rings is 11. The van der Waals surface area contributed by atoms with Gasteiger partial charge in [0.1, 0.15) is 5.75 Å². The van der Waals surface area contributed by atoms with Gasteiger partial charge in [0.05, 0.1) is 22.5 Å². The molecule has 15 rings (SSSR count). The van der Waals surface area contributed by atoms with Crippen LogP contribution in [0.2, 0.25) is 0 Å². The number of para-hydroxylation sites is 6. The van der Waals surface area contributed by atoms with E-state index in [1.807, 2.05) is 12.1 Å². The van der Waals surface area contributed by atoms with E-state index in [-0.39, 0.29) is 33.2 Å². The van der Waals surface area contributed by atoms with Crippen molar-refractivity contribution in [2.45, 2.75) is 26.2 Å². The molecule has 0 unspecified atom stereocenters. The van der Waals surface area contributed by atoms with E-state index in [0.717, 1.165) is 111 Å². The maximum absolute atomic E-state index is 7.30. The Morgan fingerprint density at radius 1 is 0.557 bits per heavy atom. The van der Waals surface area contributed by atoms with E-state index < -0.39 is 0 Å². The SMILES string of the molecule is CC(C)(C)c1cc[c-]c(-n2c3[c-]c(Oc4[c-]c(-n5[c-][n+](-c6c(-c7ccccc7)cccc6-c6ccccc6)c6ccccc65)cc5c4Oc4cccc6c4B5c4ccccc4N6c4ccccc4)ccc3c3ccccc32)c1.[Pt+4]. The first-order valence-corrected chi connectivity index (χ1v) is 26.5. The standard InChI is InChI=1S/C71H48BN4O2.Pt/c1-71(2,3)49-26-19-29-51(42-49)76-60-34-15-13-30-56(60)57-41-40-53(45-65(57)76)77-67-44-52(43-59-70(67)78-66-39-21-38-64-68(66)72(59)58-33-14-16-35-61(58)75(64)50-27-11-6-12-28-50)73-46-74(63-37-18-17-36-62(63)73)69-54(47-22-7-4-8-23-47)31-20-32-55(69)48-24-9-5-10-25-48;/h4-28,30-43H,1-3H3;/q-3;+4. The molecular weight excluding hydrogens is 1150 g/mol. The first kappa shape index (κ1) is 48.2. The molecule has 0 fully saturated rings. The van der Waals surface area contributed by atoms with Crippen molar-refractivity contribution in [2.24, 2.45) is 0 Å². The van der Waals surface area contributed by atoms with E-state index in [2.05, 4.69) is 288 Å². The summed E-state index contributed by atoms with van der Waals surface area (Å²) in [6.07, 6.45) is 3.93. The number of fused-ring (bicyclic) bond motifs is 8. The molecule has 11 aromatic carbocycles. The van der Waals surface area contributed by atoms with E-state index in [9.17, 15) is 0 Å². The van der Waals surface area contributed by atoms with Crippen LogP contribution in [0, 0.1) is 24.5 Å². The molecule has 2 aromatic heterocycles.